The monoisotopic (exact) mass is 443 g/mol. The van der Waals surface area contributed by atoms with Gasteiger partial charge in [0.2, 0.25) is 0 Å². The minimum Gasteiger partial charge on any atom is -0.507 e. The number of Topliss-reactive ketones (excluding diaryl/α,β-unsaturated/α-hetero) is 1. The van der Waals surface area contributed by atoms with Gasteiger partial charge in [-0.3, -0.25) is 9.59 Å². The number of carbonyl (C=O) groups is 3. The van der Waals surface area contributed by atoms with Crippen LogP contribution in [0.2, 0.25) is 0 Å². The van der Waals surface area contributed by atoms with Crippen LogP contribution in [0.5, 0.6) is 0 Å². The average Bonchev–Trinajstić information content (AvgIpc) is 3.18. The summed E-state index contributed by atoms with van der Waals surface area (Å²) in [6, 6.07) is 4.62. The number of ketones is 1. The molecule has 170 valence electrons. The van der Waals surface area contributed by atoms with Gasteiger partial charge in [0, 0.05) is 24.3 Å². The van der Waals surface area contributed by atoms with Gasteiger partial charge >= 0.3 is 5.97 Å². The molecule has 8 nitrogen and oxygen atoms in total. The first-order valence-electron chi connectivity index (χ1n) is 10.0. The lowest BCUT2D eigenvalue weighted by Crippen LogP contribution is -2.35. The molecule has 3 rings (SSSR count). The van der Waals surface area contributed by atoms with E-state index in [1.165, 1.54) is 30.2 Å². The SMILES string of the molecule is COC(=O)c1[nH]c(C)c(/C(O)=C2\C(=O)C(=O)N(CCN(C)C)[C@H]2c2cccc(F)c2)c1C. The molecule has 2 heterocycles. The Morgan fingerprint density at radius 2 is 1.97 bits per heavy atom. The number of aliphatic hydroxyl groups is 1. The fraction of sp³-hybridized carbons (Fsp3) is 0.348. The largest absolute Gasteiger partial charge is 0.507 e. The molecule has 1 saturated heterocycles. The quantitative estimate of drug-likeness (QED) is 0.308. The van der Waals surface area contributed by atoms with Crippen molar-refractivity contribution in [3.63, 3.8) is 0 Å². The van der Waals surface area contributed by atoms with Crippen LogP contribution in [0.15, 0.2) is 29.8 Å². The summed E-state index contributed by atoms with van der Waals surface area (Å²) in [5, 5.41) is 11.2. The summed E-state index contributed by atoms with van der Waals surface area (Å²) in [5.41, 5.74) is 1.39. The molecule has 1 fully saturated rings. The van der Waals surface area contributed by atoms with Crippen LogP contribution < -0.4 is 0 Å². The highest BCUT2D eigenvalue weighted by molar-refractivity contribution is 6.46. The van der Waals surface area contributed by atoms with Crippen LogP contribution in [0.25, 0.3) is 5.76 Å². The summed E-state index contributed by atoms with van der Waals surface area (Å²) < 4.78 is 18.8. The summed E-state index contributed by atoms with van der Waals surface area (Å²) in [4.78, 5) is 44.1. The zero-order valence-electron chi connectivity index (χ0n) is 18.7. The number of likely N-dealkylation sites (N-methyl/N-ethyl adjacent to an activating group) is 1. The standard InChI is InChI=1S/C23H26FN3O5/c1-12-16(13(2)25-18(12)23(31)32-5)20(28)17-19(14-7-6-8-15(24)11-14)27(10-9-26(3)4)22(30)21(17)29/h6-8,11,19,25,28H,9-10H2,1-5H3/b20-17+/t19-/m0/s1. The molecule has 1 aliphatic heterocycles. The van der Waals surface area contributed by atoms with Gasteiger partial charge in [0.1, 0.15) is 17.3 Å². The van der Waals surface area contributed by atoms with Crippen LogP contribution in [0.1, 0.15) is 38.9 Å². The number of aromatic amines is 1. The number of ether oxygens (including phenoxy) is 1. The van der Waals surface area contributed by atoms with Crippen molar-refractivity contribution in [2.24, 2.45) is 0 Å². The molecule has 1 aliphatic rings. The number of likely N-dealkylation sites (tertiary alicyclic amines) is 1. The number of aromatic nitrogens is 1. The first-order chi connectivity index (χ1) is 15.1. The topological polar surface area (TPSA) is 103 Å². The molecule has 0 saturated carbocycles. The first kappa shape index (κ1) is 23.2. The molecule has 1 atom stereocenters. The molecule has 0 bridgehead atoms. The predicted octanol–water partition coefficient (Wildman–Crippen LogP) is 2.54. The molecular formula is C23H26FN3O5. The lowest BCUT2D eigenvalue weighted by molar-refractivity contribution is -0.140. The van der Waals surface area contributed by atoms with E-state index in [9.17, 15) is 23.9 Å². The predicted molar refractivity (Wildman–Crippen MR) is 116 cm³/mol. The Morgan fingerprint density at radius 3 is 2.56 bits per heavy atom. The van der Waals surface area contributed by atoms with Crippen molar-refractivity contribution in [3.8, 4) is 0 Å². The van der Waals surface area contributed by atoms with Crippen LogP contribution >= 0.6 is 0 Å². The van der Waals surface area contributed by atoms with E-state index >= 15 is 0 Å². The lowest BCUT2D eigenvalue weighted by atomic mass is 9.94. The Hall–Kier alpha value is -3.46. The van der Waals surface area contributed by atoms with E-state index in [0.29, 0.717) is 23.4 Å². The maximum absolute atomic E-state index is 14.0. The first-order valence-corrected chi connectivity index (χ1v) is 10.0. The van der Waals surface area contributed by atoms with Gasteiger partial charge in [-0.05, 0) is 51.2 Å². The minimum atomic E-state index is -0.971. The highest BCUT2D eigenvalue weighted by Gasteiger charge is 2.46. The van der Waals surface area contributed by atoms with Crippen LogP contribution in [0.3, 0.4) is 0 Å². The summed E-state index contributed by atoms with van der Waals surface area (Å²) in [5.74, 6) is -3.22. The zero-order chi connectivity index (χ0) is 23.7. The van der Waals surface area contributed by atoms with Crippen LogP contribution in [0.4, 0.5) is 4.39 Å². The van der Waals surface area contributed by atoms with Crippen molar-refractivity contribution < 1.29 is 28.6 Å². The average molecular weight is 443 g/mol. The molecule has 0 spiro atoms. The van der Waals surface area contributed by atoms with Gasteiger partial charge in [-0.1, -0.05) is 12.1 Å². The van der Waals surface area contributed by atoms with E-state index in [2.05, 4.69) is 4.98 Å². The number of carbonyl (C=O) groups excluding carboxylic acids is 3. The number of esters is 1. The molecule has 32 heavy (non-hydrogen) atoms. The number of methoxy groups -OCH3 is 1. The third-order valence-corrected chi connectivity index (χ3v) is 5.56. The fourth-order valence-corrected chi connectivity index (χ4v) is 3.99. The third-order valence-electron chi connectivity index (χ3n) is 5.56. The van der Waals surface area contributed by atoms with Crippen LogP contribution in [-0.2, 0) is 14.3 Å². The number of amides is 1. The lowest BCUT2D eigenvalue weighted by Gasteiger charge is -2.26. The van der Waals surface area contributed by atoms with Crippen molar-refractivity contribution in [2.75, 3.05) is 34.3 Å². The second-order valence-electron chi connectivity index (χ2n) is 7.97. The van der Waals surface area contributed by atoms with Crippen molar-refractivity contribution in [1.29, 1.82) is 0 Å². The van der Waals surface area contributed by atoms with Gasteiger partial charge in [0.25, 0.3) is 11.7 Å². The van der Waals surface area contributed by atoms with E-state index in [0.717, 1.165) is 0 Å². The number of halogens is 1. The van der Waals surface area contributed by atoms with E-state index in [-0.39, 0.29) is 23.4 Å². The Morgan fingerprint density at radius 1 is 1.28 bits per heavy atom. The summed E-state index contributed by atoms with van der Waals surface area (Å²) >= 11 is 0. The zero-order valence-corrected chi connectivity index (χ0v) is 18.7. The molecule has 1 aromatic heterocycles. The van der Waals surface area contributed by atoms with Crippen LogP contribution in [-0.4, -0.2) is 71.8 Å². The van der Waals surface area contributed by atoms with Crippen LogP contribution in [0, 0.1) is 19.7 Å². The third kappa shape index (κ3) is 4.03. The smallest absolute Gasteiger partial charge is 0.354 e. The van der Waals surface area contributed by atoms with E-state index in [4.69, 9.17) is 4.74 Å². The number of nitrogens with one attached hydrogen (secondary N) is 1. The molecule has 0 aliphatic carbocycles. The van der Waals surface area contributed by atoms with Gasteiger partial charge in [0.05, 0.1) is 18.7 Å². The Kier molecular flexibility index (Phi) is 6.50. The second-order valence-corrected chi connectivity index (χ2v) is 7.97. The Labute approximate surface area is 185 Å². The fourth-order valence-electron chi connectivity index (χ4n) is 3.99. The van der Waals surface area contributed by atoms with Gasteiger partial charge in [-0.15, -0.1) is 0 Å². The number of benzene rings is 1. The number of hydrogen-bond acceptors (Lipinski definition) is 6. The van der Waals surface area contributed by atoms with Crippen molar-refractivity contribution in [1.82, 2.24) is 14.8 Å². The number of hydrogen-bond donors (Lipinski definition) is 2. The number of nitrogens with zero attached hydrogens (tertiary/aromatic N) is 2. The molecule has 2 N–H and O–H groups in total. The van der Waals surface area contributed by atoms with Gasteiger partial charge in [0.15, 0.2) is 0 Å². The number of aryl methyl sites for hydroxylation is 1. The molecule has 0 radical (unpaired) electrons. The highest BCUT2D eigenvalue weighted by atomic mass is 19.1. The van der Waals surface area contributed by atoms with Gasteiger partial charge < -0.3 is 24.6 Å². The molecular weight excluding hydrogens is 417 g/mol. The van der Waals surface area contributed by atoms with Crippen molar-refractivity contribution in [3.05, 3.63) is 63.7 Å². The number of rotatable bonds is 6. The highest BCUT2D eigenvalue weighted by Crippen LogP contribution is 2.40. The summed E-state index contributed by atoms with van der Waals surface area (Å²) in [6.45, 7) is 3.90. The maximum atomic E-state index is 14.0. The van der Waals surface area contributed by atoms with Crippen molar-refractivity contribution >= 4 is 23.4 Å². The number of H-pyrrole nitrogens is 1. The normalized spacial score (nSPS) is 18.0. The summed E-state index contributed by atoms with van der Waals surface area (Å²) in [7, 11) is 4.89. The Bertz CT molecular complexity index is 1120. The molecule has 1 aromatic carbocycles. The minimum absolute atomic E-state index is 0.135. The molecule has 2 aromatic rings. The number of aliphatic hydroxyl groups excluding tert-OH is 1. The molecule has 9 heteroatoms. The van der Waals surface area contributed by atoms with Gasteiger partial charge in [-0.2, -0.15) is 0 Å². The molecule has 1 amide bonds. The summed E-state index contributed by atoms with van der Waals surface area (Å²) in [6.07, 6.45) is 0. The Balaban J connectivity index is 2.23. The van der Waals surface area contributed by atoms with E-state index in [1.54, 1.807) is 19.9 Å². The van der Waals surface area contributed by atoms with Gasteiger partial charge in [-0.25, -0.2) is 9.18 Å². The van der Waals surface area contributed by atoms with E-state index in [1.807, 2.05) is 19.0 Å². The molecule has 0 unspecified atom stereocenters. The maximum Gasteiger partial charge on any atom is 0.354 e. The van der Waals surface area contributed by atoms with E-state index < -0.39 is 35.3 Å². The van der Waals surface area contributed by atoms with Crippen molar-refractivity contribution in [2.45, 2.75) is 19.9 Å². The second kappa shape index (κ2) is 8.96.